The molecule has 1 N–H and O–H groups in total. The van der Waals surface area contributed by atoms with Crippen molar-refractivity contribution in [3.8, 4) is 5.69 Å². The molecule has 0 aliphatic heterocycles. The fourth-order valence-electron chi connectivity index (χ4n) is 2.30. The van der Waals surface area contributed by atoms with Crippen molar-refractivity contribution < 1.29 is 14.3 Å². The average Bonchev–Trinajstić information content (AvgIpc) is 3.21. The standard InChI is InChI=1S/C19H18N4O3/c1-14(18(24)21-11-15-5-3-2-4-6-15)26-19(25)16-7-9-17(10-8-16)23-13-20-12-22-23/h2-10,12-14H,11H2,1H3,(H,21,24)/t14-/m1/s1. The topological polar surface area (TPSA) is 86.1 Å². The first kappa shape index (κ1) is 17.3. The maximum Gasteiger partial charge on any atom is 0.338 e. The molecule has 7 heteroatoms. The molecule has 1 heterocycles. The average molecular weight is 350 g/mol. The maximum atomic E-state index is 12.2. The van der Waals surface area contributed by atoms with Gasteiger partial charge in [0.25, 0.3) is 5.91 Å². The lowest BCUT2D eigenvalue weighted by atomic mass is 10.2. The molecule has 0 bridgehead atoms. The molecule has 0 spiro atoms. The fraction of sp³-hybridized carbons (Fsp3) is 0.158. The molecule has 0 unspecified atom stereocenters. The second-order valence-corrected chi connectivity index (χ2v) is 5.64. The number of amides is 1. The second-order valence-electron chi connectivity index (χ2n) is 5.64. The number of nitrogens with one attached hydrogen (secondary N) is 1. The molecule has 1 amide bonds. The summed E-state index contributed by atoms with van der Waals surface area (Å²) in [5.74, 6) is -0.904. The first-order valence-corrected chi connectivity index (χ1v) is 8.11. The fourth-order valence-corrected chi connectivity index (χ4v) is 2.30. The summed E-state index contributed by atoms with van der Waals surface area (Å²) in [7, 11) is 0. The van der Waals surface area contributed by atoms with Gasteiger partial charge in [-0.15, -0.1) is 0 Å². The van der Waals surface area contributed by atoms with Gasteiger partial charge in [-0.25, -0.2) is 14.5 Å². The molecular weight excluding hydrogens is 332 g/mol. The monoisotopic (exact) mass is 350 g/mol. The minimum atomic E-state index is -0.888. The molecule has 0 radical (unpaired) electrons. The number of rotatable bonds is 6. The third-order valence-electron chi connectivity index (χ3n) is 3.75. The lowest BCUT2D eigenvalue weighted by molar-refractivity contribution is -0.129. The van der Waals surface area contributed by atoms with Crippen molar-refractivity contribution in [3.63, 3.8) is 0 Å². The molecule has 26 heavy (non-hydrogen) atoms. The molecule has 3 aromatic rings. The number of ether oxygens (including phenoxy) is 1. The molecule has 3 rings (SSSR count). The summed E-state index contributed by atoms with van der Waals surface area (Å²) in [4.78, 5) is 28.2. The van der Waals surface area contributed by atoms with E-state index >= 15 is 0 Å². The molecule has 0 saturated heterocycles. The molecular formula is C19H18N4O3. The van der Waals surface area contributed by atoms with Crippen molar-refractivity contribution in [2.24, 2.45) is 0 Å². The van der Waals surface area contributed by atoms with Crippen LogP contribution in [0.3, 0.4) is 0 Å². The highest BCUT2D eigenvalue weighted by atomic mass is 16.5. The Hall–Kier alpha value is -3.48. The predicted molar refractivity (Wildman–Crippen MR) is 94.5 cm³/mol. The summed E-state index contributed by atoms with van der Waals surface area (Å²) in [5, 5.41) is 6.76. The zero-order chi connectivity index (χ0) is 18.4. The van der Waals surface area contributed by atoms with Crippen molar-refractivity contribution in [1.82, 2.24) is 20.1 Å². The largest absolute Gasteiger partial charge is 0.449 e. The van der Waals surface area contributed by atoms with Gasteiger partial charge in [-0.3, -0.25) is 4.79 Å². The highest BCUT2D eigenvalue weighted by Crippen LogP contribution is 2.10. The zero-order valence-electron chi connectivity index (χ0n) is 14.2. The summed E-state index contributed by atoms with van der Waals surface area (Å²) >= 11 is 0. The first-order chi connectivity index (χ1) is 12.6. The Morgan fingerprint density at radius 1 is 1.12 bits per heavy atom. The van der Waals surface area contributed by atoms with Crippen LogP contribution in [0.2, 0.25) is 0 Å². The van der Waals surface area contributed by atoms with Crippen molar-refractivity contribution in [3.05, 3.63) is 78.4 Å². The van der Waals surface area contributed by atoms with Gasteiger partial charge in [-0.1, -0.05) is 30.3 Å². The number of carbonyl (C=O) groups excluding carboxylic acids is 2. The number of benzene rings is 2. The van der Waals surface area contributed by atoms with E-state index < -0.39 is 12.1 Å². The van der Waals surface area contributed by atoms with E-state index in [9.17, 15) is 9.59 Å². The smallest absolute Gasteiger partial charge is 0.338 e. The van der Waals surface area contributed by atoms with Gasteiger partial charge in [0.2, 0.25) is 0 Å². The van der Waals surface area contributed by atoms with Gasteiger partial charge in [0.15, 0.2) is 6.10 Å². The van der Waals surface area contributed by atoms with Crippen LogP contribution < -0.4 is 5.32 Å². The minimum absolute atomic E-state index is 0.346. The maximum absolute atomic E-state index is 12.2. The molecule has 2 aromatic carbocycles. The molecule has 7 nitrogen and oxygen atoms in total. The number of hydrogen-bond donors (Lipinski definition) is 1. The van der Waals surface area contributed by atoms with Gasteiger partial charge in [0, 0.05) is 6.54 Å². The van der Waals surface area contributed by atoms with Gasteiger partial charge < -0.3 is 10.1 Å². The molecule has 1 aromatic heterocycles. The minimum Gasteiger partial charge on any atom is -0.449 e. The number of nitrogens with zero attached hydrogens (tertiary/aromatic N) is 3. The summed E-state index contributed by atoms with van der Waals surface area (Å²) in [6.07, 6.45) is 2.10. The highest BCUT2D eigenvalue weighted by molar-refractivity contribution is 5.92. The van der Waals surface area contributed by atoms with E-state index in [1.807, 2.05) is 30.3 Å². The van der Waals surface area contributed by atoms with Gasteiger partial charge in [0.1, 0.15) is 12.7 Å². The van der Waals surface area contributed by atoms with Gasteiger partial charge in [0.05, 0.1) is 11.3 Å². The molecule has 1 atom stereocenters. The second kappa shape index (κ2) is 8.06. The van der Waals surface area contributed by atoms with Gasteiger partial charge in [-0.2, -0.15) is 5.10 Å². The number of hydrogen-bond acceptors (Lipinski definition) is 5. The van der Waals surface area contributed by atoms with Crippen molar-refractivity contribution >= 4 is 11.9 Å². The summed E-state index contributed by atoms with van der Waals surface area (Å²) < 4.78 is 6.81. The highest BCUT2D eigenvalue weighted by Gasteiger charge is 2.18. The van der Waals surface area contributed by atoms with E-state index in [1.54, 1.807) is 42.2 Å². The van der Waals surface area contributed by atoms with E-state index in [0.29, 0.717) is 12.1 Å². The van der Waals surface area contributed by atoms with Crippen LogP contribution in [0.5, 0.6) is 0 Å². The Morgan fingerprint density at radius 3 is 2.50 bits per heavy atom. The Kier molecular flexibility index (Phi) is 5.38. The molecule has 0 aliphatic rings. The van der Waals surface area contributed by atoms with E-state index in [4.69, 9.17) is 4.74 Å². The van der Waals surface area contributed by atoms with Crippen LogP contribution in [0.15, 0.2) is 67.3 Å². The van der Waals surface area contributed by atoms with E-state index in [-0.39, 0.29) is 5.91 Å². The number of esters is 1. The number of carbonyl (C=O) groups is 2. The zero-order valence-corrected chi connectivity index (χ0v) is 14.2. The van der Waals surface area contributed by atoms with Crippen LogP contribution >= 0.6 is 0 Å². The van der Waals surface area contributed by atoms with Gasteiger partial charge >= 0.3 is 5.97 Å². The van der Waals surface area contributed by atoms with Crippen LogP contribution in [-0.4, -0.2) is 32.7 Å². The van der Waals surface area contributed by atoms with Crippen LogP contribution in [-0.2, 0) is 16.1 Å². The Labute approximate surface area is 150 Å². The van der Waals surface area contributed by atoms with Crippen LogP contribution in [0.25, 0.3) is 5.69 Å². The molecule has 0 aliphatic carbocycles. The molecule has 0 fully saturated rings. The van der Waals surface area contributed by atoms with E-state index in [2.05, 4.69) is 15.4 Å². The van der Waals surface area contributed by atoms with Crippen LogP contribution in [0.1, 0.15) is 22.8 Å². The van der Waals surface area contributed by atoms with E-state index in [0.717, 1.165) is 11.3 Å². The normalized spacial score (nSPS) is 11.6. The van der Waals surface area contributed by atoms with Crippen LogP contribution in [0, 0.1) is 0 Å². The van der Waals surface area contributed by atoms with Gasteiger partial charge in [-0.05, 0) is 36.8 Å². The molecule has 132 valence electrons. The lowest BCUT2D eigenvalue weighted by Gasteiger charge is -2.13. The van der Waals surface area contributed by atoms with Crippen LogP contribution in [0.4, 0.5) is 0 Å². The SMILES string of the molecule is C[C@@H](OC(=O)c1ccc(-n2cncn2)cc1)C(=O)NCc1ccccc1. The number of aromatic nitrogens is 3. The van der Waals surface area contributed by atoms with Crippen molar-refractivity contribution in [2.45, 2.75) is 19.6 Å². The first-order valence-electron chi connectivity index (χ1n) is 8.11. The third-order valence-corrected chi connectivity index (χ3v) is 3.75. The summed E-state index contributed by atoms with van der Waals surface area (Å²) in [5.41, 5.74) is 2.10. The summed E-state index contributed by atoms with van der Waals surface area (Å²) in [6.45, 7) is 1.93. The summed E-state index contributed by atoms with van der Waals surface area (Å²) in [6, 6.07) is 16.2. The van der Waals surface area contributed by atoms with Crippen molar-refractivity contribution in [2.75, 3.05) is 0 Å². The quantitative estimate of drug-likeness (QED) is 0.688. The Balaban J connectivity index is 1.54. The Morgan fingerprint density at radius 2 is 1.85 bits per heavy atom. The molecule has 0 saturated carbocycles. The van der Waals surface area contributed by atoms with Crippen molar-refractivity contribution in [1.29, 1.82) is 0 Å². The predicted octanol–water partition coefficient (Wildman–Crippen LogP) is 2.13. The third kappa shape index (κ3) is 4.32. The Bertz CT molecular complexity index is 862. The lowest BCUT2D eigenvalue weighted by Crippen LogP contribution is -2.35. The van der Waals surface area contributed by atoms with E-state index in [1.165, 1.54) is 6.33 Å².